The van der Waals surface area contributed by atoms with Crippen LogP contribution in [0.15, 0.2) is 24.4 Å². The summed E-state index contributed by atoms with van der Waals surface area (Å²) in [6, 6.07) is 5.54. The molecule has 1 heterocycles. The lowest BCUT2D eigenvalue weighted by atomic mass is 10.1. The third-order valence-electron chi connectivity index (χ3n) is 4.43. The number of carboxylic acids is 1. The number of hydrogen-bond acceptors (Lipinski definition) is 4. The molecule has 26 heavy (non-hydrogen) atoms. The SMILES string of the molecule is CCCN(CC)CCc1c[nH]c2ccc(OC(=O)CCCC(=O)O)cc12. The number of aromatic nitrogens is 1. The van der Waals surface area contributed by atoms with Gasteiger partial charge in [0.05, 0.1) is 0 Å². The Balaban J connectivity index is 2.00. The maximum atomic E-state index is 11.8. The number of hydrogen-bond donors (Lipinski definition) is 2. The first-order valence-electron chi connectivity index (χ1n) is 9.28. The van der Waals surface area contributed by atoms with Crippen molar-refractivity contribution in [2.24, 2.45) is 0 Å². The van der Waals surface area contributed by atoms with Gasteiger partial charge in [0.1, 0.15) is 5.75 Å². The molecule has 0 aliphatic heterocycles. The van der Waals surface area contributed by atoms with Crippen molar-refractivity contribution in [3.63, 3.8) is 0 Å². The predicted octanol–water partition coefficient (Wildman–Crippen LogP) is 3.60. The smallest absolute Gasteiger partial charge is 0.311 e. The van der Waals surface area contributed by atoms with E-state index < -0.39 is 11.9 Å². The van der Waals surface area contributed by atoms with Crippen molar-refractivity contribution in [1.29, 1.82) is 0 Å². The van der Waals surface area contributed by atoms with E-state index in [4.69, 9.17) is 9.84 Å². The molecule has 0 bridgehead atoms. The number of carboxylic acid groups (broad SMARTS) is 1. The van der Waals surface area contributed by atoms with Crippen LogP contribution < -0.4 is 4.74 Å². The summed E-state index contributed by atoms with van der Waals surface area (Å²) in [5.41, 5.74) is 2.22. The summed E-state index contributed by atoms with van der Waals surface area (Å²) in [7, 11) is 0. The molecule has 0 radical (unpaired) electrons. The molecule has 0 aliphatic rings. The first-order valence-corrected chi connectivity index (χ1v) is 9.28. The average Bonchev–Trinajstić information content (AvgIpc) is 3.00. The summed E-state index contributed by atoms with van der Waals surface area (Å²) in [4.78, 5) is 28.0. The van der Waals surface area contributed by atoms with Gasteiger partial charge in [0.2, 0.25) is 0 Å². The third kappa shape index (κ3) is 5.88. The molecule has 1 aromatic carbocycles. The topological polar surface area (TPSA) is 82.6 Å². The molecule has 0 fully saturated rings. The molecule has 1 aromatic heterocycles. The van der Waals surface area contributed by atoms with Crippen molar-refractivity contribution in [3.8, 4) is 5.75 Å². The fourth-order valence-electron chi connectivity index (χ4n) is 3.02. The van der Waals surface area contributed by atoms with Crippen LogP contribution >= 0.6 is 0 Å². The van der Waals surface area contributed by atoms with E-state index in [0.717, 1.165) is 43.4 Å². The predicted molar refractivity (Wildman–Crippen MR) is 102 cm³/mol. The molecular formula is C20H28N2O4. The number of aromatic amines is 1. The maximum Gasteiger partial charge on any atom is 0.311 e. The lowest BCUT2D eigenvalue weighted by molar-refractivity contribution is -0.137. The van der Waals surface area contributed by atoms with Crippen LogP contribution in [0.2, 0.25) is 0 Å². The monoisotopic (exact) mass is 360 g/mol. The quantitative estimate of drug-likeness (QED) is 0.472. The molecule has 6 heteroatoms. The van der Waals surface area contributed by atoms with E-state index >= 15 is 0 Å². The molecule has 0 unspecified atom stereocenters. The fraction of sp³-hybridized carbons (Fsp3) is 0.500. The average molecular weight is 360 g/mol. The number of benzene rings is 1. The molecule has 2 N–H and O–H groups in total. The van der Waals surface area contributed by atoms with Crippen LogP contribution in [0.25, 0.3) is 10.9 Å². The van der Waals surface area contributed by atoms with Crippen LogP contribution in [-0.4, -0.2) is 46.6 Å². The number of likely N-dealkylation sites (N-methyl/N-ethyl adjacent to an activating group) is 1. The van der Waals surface area contributed by atoms with Gasteiger partial charge in [-0.1, -0.05) is 13.8 Å². The Morgan fingerprint density at radius 1 is 1.19 bits per heavy atom. The van der Waals surface area contributed by atoms with Crippen molar-refractivity contribution < 1.29 is 19.4 Å². The molecule has 6 nitrogen and oxygen atoms in total. The second-order valence-corrected chi connectivity index (χ2v) is 6.43. The molecule has 2 aromatic rings. The molecule has 0 saturated heterocycles. The summed E-state index contributed by atoms with van der Waals surface area (Å²) in [6.07, 6.45) is 4.46. The van der Waals surface area contributed by atoms with Gasteiger partial charge in [-0.2, -0.15) is 0 Å². The molecular weight excluding hydrogens is 332 g/mol. The minimum Gasteiger partial charge on any atom is -0.481 e. The van der Waals surface area contributed by atoms with Gasteiger partial charge in [0, 0.05) is 36.5 Å². The Labute approximate surface area is 154 Å². The molecule has 2 rings (SSSR count). The molecule has 0 aliphatic carbocycles. The van der Waals surface area contributed by atoms with E-state index in [0.29, 0.717) is 5.75 Å². The highest BCUT2D eigenvalue weighted by molar-refractivity contribution is 5.85. The van der Waals surface area contributed by atoms with Crippen molar-refractivity contribution >= 4 is 22.8 Å². The Morgan fingerprint density at radius 3 is 2.69 bits per heavy atom. The third-order valence-corrected chi connectivity index (χ3v) is 4.43. The molecule has 0 atom stereocenters. The van der Waals surface area contributed by atoms with Crippen molar-refractivity contribution in [2.75, 3.05) is 19.6 Å². The number of carbonyl (C=O) groups excluding carboxylic acids is 1. The number of rotatable bonds is 11. The van der Waals surface area contributed by atoms with Crippen LogP contribution in [-0.2, 0) is 16.0 Å². The van der Waals surface area contributed by atoms with Crippen LogP contribution in [0.5, 0.6) is 5.75 Å². The minimum atomic E-state index is -0.902. The van der Waals surface area contributed by atoms with E-state index in [2.05, 4.69) is 23.7 Å². The number of carbonyl (C=O) groups is 2. The zero-order valence-electron chi connectivity index (χ0n) is 15.6. The van der Waals surface area contributed by atoms with Gasteiger partial charge in [-0.15, -0.1) is 0 Å². The van der Waals surface area contributed by atoms with E-state index in [1.165, 1.54) is 5.56 Å². The van der Waals surface area contributed by atoms with E-state index in [-0.39, 0.29) is 19.3 Å². The number of ether oxygens (including phenoxy) is 1. The number of esters is 1. The molecule has 0 saturated carbocycles. The van der Waals surface area contributed by atoms with Gasteiger partial charge < -0.3 is 19.7 Å². The number of nitrogens with one attached hydrogen (secondary N) is 1. The Bertz CT molecular complexity index is 738. The summed E-state index contributed by atoms with van der Waals surface area (Å²) in [6.45, 7) is 7.49. The summed E-state index contributed by atoms with van der Waals surface area (Å²) >= 11 is 0. The van der Waals surface area contributed by atoms with Gasteiger partial charge in [-0.25, -0.2) is 0 Å². The van der Waals surface area contributed by atoms with Gasteiger partial charge in [0.15, 0.2) is 0 Å². The van der Waals surface area contributed by atoms with Crippen molar-refractivity contribution in [1.82, 2.24) is 9.88 Å². The number of aliphatic carboxylic acids is 1. The van der Waals surface area contributed by atoms with Crippen LogP contribution in [0.3, 0.4) is 0 Å². The summed E-state index contributed by atoms with van der Waals surface area (Å²) in [5.74, 6) is -0.803. The van der Waals surface area contributed by atoms with Gasteiger partial charge >= 0.3 is 11.9 Å². The van der Waals surface area contributed by atoms with Gasteiger partial charge in [-0.3, -0.25) is 9.59 Å². The zero-order chi connectivity index (χ0) is 18.9. The largest absolute Gasteiger partial charge is 0.481 e. The minimum absolute atomic E-state index is 0.0260. The second-order valence-electron chi connectivity index (χ2n) is 6.43. The van der Waals surface area contributed by atoms with Crippen LogP contribution in [0, 0.1) is 0 Å². The Kier molecular flexibility index (Phi) is 7.66. The van der Waals surface area contributed by atoms with E-state index in [1.54, 1.807) is 6.07 Å². The lowest BCUT2D eigenvalue weighted by Crippen LogP contribution is -2.26. The number of nitrogens with zero attached hydrogens (tertiary/aromatic N) is 1. The molecule has 142 valence electrons. The molecule has 0 amide bonds. The number of fused-ring (bicyclic) bond motifs is 1. The summed E-state index contributed by atoms with van der Waals surface area (Å²) < 4.78 is 5.36. The summed E-state index contributed by atoms with van der Waals surface area (Å²) in [5, 5.41) is 9.69. The number of H-pyrrole nitrogens is 1. The lowest BCUT2D eigenvalue weighted by Gasteiger charge is -2.19. The molecule has 0 spiro atoms. The van der Waals surface area contributed by atoms with E-state index in [1.807, 2.05) is 18.3 Å². The van der Waals surface area contributed by atoms with Crippen molar-refractivity contribution in [3.05, 3.63) is 30.0 Å². The van der Waals surface area contributed by atoms with Crippen LogP contribution in [0.1, 0.15) is 45.1 Å². The first-order chi connectivity index (χ1) is 12.5. The van der Waals surface area contributed by atoms with E-state index in [9.17, 15) is 9.59 Å². The van der Waals surface area contributed by atoms with Gasteiger partial charge in [-0.05, 0) is 56.1 Å². The van der Waals surface area contributed by atoms with Gasteiger partial charge in [0.25, 0.3) is 0 Å². The van der Waals surface area contributed by atoms with Crippen LogP contribution in [0.4, 0.5) is 0 Å². The maximum absolute atomic E-state index is 11.8. The normalized spacial score (nSPS) is 11.2. The second kappa shape index (κ2) is 9.97. The fourth-order valence-corrected chi connectivity index (χ4v) is 3.02. The standard InChI is InChI=1S/C20H28N2O4/c1-3-11-22(4-2)12-10-15-14-21-18-9-8-16(13-17(15)18)26-20(25)7-5-6-19(23)24/h8-9,13-14,21H,3-7,10-12H2,1-2H3,(H,23,24). The highest BCUT2D eigenvalue weighted by Gasteiger charge is 2.10. The zero-order valence-corrected chi connectivity index (χ0v) is 15.6. The van der Waals surface area contributed by atoms with Crippen molar-refractivity contribution in [2.45, 2.75) is 46.0 Å². The first kappa shape index (κ1) is 20.0. The Hall–Kier alpha value is -2.34. The Morgan fingerprint density at radius 2 is 2.00 bits per heavy atom. The highest BCUT2D eigenvalue weighted by atomic mass is 16.5. The highest BCUT2D eigenvalue weighted by Crippen LogP contribution is 2.24.